The molecule has 1 aromatic heterocycles. The van der Waals surface area contributed by atoms with Crippen LogP contribution in [-0.4, -0.2) is 29.2 Å². The molecule has 6 heteroatoms. The van der Waals surface area contributed by atoms with Crippen LogP contribution in [-0.2, 0) is 0 Å². The summed E-state index contributed by atoms with van der Waals surface area (Å²) in [5.41, 5.74) is 2.73. The van der Waals surface area contributed by atoms with E-state index in [1.807, 2.05) is 24.3 Å². The monoisotopic (exact) mass is 362 g/mol. The number of carbonyl (C=O) groups excluding carboxylic acids is 1. The van der Waals surface area contributed by atoms with Gasteiger partial charge in [0.1, 0.15) is 5.82 Å². The molecule has 1 saturated heterocycles. The van der Waals surface area contributed by atoms with Crippen LogP contribution in [0.2, 0.25) is 0 Å². The van der Waals surface area contributed by atoms with Gasteiger partial charge in [-0.3, -0.25) is 4.79 Å². The standard InChI is InChI=1S/C21H19FN4O/c22-17-7-9-18(10-8-17)23-21(27)16-5-3-15(4-6-16)19-11-12-20(25-24-19)26-13-1-2-14-26/h3-12H,1-2,13-14H2,(H,23,27). The summed E-state index contributed by atoms with van der Waals surface area (Å²) in [6.07, 6.45) is 2.40. The molecule has 1 N–H and O–H groups in total. The molecule has 5 nitrogen and oxygen atoms in total. The molecule has 0 spiro atoms. The number of rotatable bonds is 4. The Labute approximate surface area is 156 Å². The first-order valence-corrected chi connectivity index (χ1v) is 8.95. The van der Waals surface area contributed by atoms with Gasteiger partial charge in [-0.15, -0.1) is 10.2 Å². The Morgan fingerprint density at radius 1 is 0.889 bits per heavy atom. The zero-order valence-electron chi connectivity index (χ0n) is 14.7. The molecule has 1 aliphatic heterocycles. The fourth-order valence-electron chi connectivity index (χ4n) is 3.12. The number of hydrogen-bond donors (Lipinski definition) is 1. The molecule has 0 aliphatic carbocycles. The normalized spacial score (nSPS) is 13.6. The maximum atomic E-state index is 12.9. The van der Waals surface area contributed by atoms with Crippen LogP contribution in [0.15, 0.2) is 60.7 Å². The number of benzene rings is 2. The van der Waals surface area contributed by atoms with Crippen LogP contribution in [0.5, 0.6) is 0 Å². The van der Waals surface area contributed by atoms with E-state index in [4.69, 9.17) is 0 Å². The topological polar surface area (TPSA) is 58.1 Å². The number of hydrogen-bond acceptors (Lipinski definition) is 4. The lowest BCUT2D eigenvalue weighted by atomic mass is 10.1. The van der Waals surface area contributed by atoms with Crippen LogP contribution in [0.4, 0.5) is 15.9 Å². The average molecular weight is 362 g/mol. The van der Waals surface area contributed by atoms with Gasteiger partial charge in [0, 0.05) is 29.9 Å². The van der Waals surface area contributed by atoms with Crippen molar-refractivity contribution in [1.82, 2.24) is 10.2 Å². The van der Waals surface area contributed by atoms with Gasteiger partial charge in [-0.2, -0.15) is 0 Å². The van der Waals surface area contributed by atoms with Gasteiger partial charge in [-0.1, -0.05) is 12.1 Å². The van der Waals surface area contributed by atoms with Crippen molar-refractivity contribution >= 4 is 17.4 Å². The fraction of sp³-hybridized carbons (Fsp3) is 0.190. The third kappa shape index (κ3) is 3.95. The van der Waals surface area contributed by atoms with Crippen LogP contribution < -0.4 is 10.2 Å². The zero-order valence-corrected chi connectivity index (χ0v) is 14.7. The van der Waals surface area contributed by atoms with Crippen LogP contribution in [0.3, 0.4) is 0 Å². The second-order valence-electron chi connectivity index (χ2n) is 6.51. The van der Waals surface area contributed by atoms with Gasteiger partial charge in [0.05, 0.1) is 5.69 Å². The molecule has 27 heavy (non-hydrogen) atoms. The number of halogens is 1. The lowest BCUT2D eigenvalue weighted by molar-refractivity contribution is 0.102. The highest BCUT2D eigenvalue weighted by atomic mass is 19.1. The van der Waals surface area contributed by atoms with Crippen molar-refractivity contribution in [3.05, 3.63) is 72.0 Å². The zero-order chi connectivity index (χ0) is 18.6. The van der Waals surface area contributed by atoms with Gasteiger partial charge in [-0.05, 0) is 61.4 Å². The minimum atomic E-state index is -0.339. The van der Waals surface area contributed by atoms with E-state index in [9.17, 15) is 9.18 Å². The quantitative estimate of drug-likeness (QED) is 0.758. The van der Waals surface area contributed by atoms with E-state index in [0.29, 0.717) is 11.3 Å². The van der Waals surface area contributed by atoms with Gasteiger partial charge in [0.2, 0.25) is 0 Å². The number of carbonyl (C=O) groups is 1. The van der Waals surface area contributed by atoms with E-state index in [2.05, 4.69) is 20.4 Å². The van der Waals surface area contributed by atoms with Crippen molar-refractivity contribution in [1.29, 1.82) is 0 Å². The first kappa shape index (κ1) is 17.1. The Kier molecular flexibility index (Phi) is 4.78. The molecule has 0 atom stereocenters. The van der Waals surface area contributed by atoms with Crippen molar-refractivity contribution in [2.45, 2.75) is 12.8 Å². The third-order valence-electron chi connectivity index (χ3n) is 4.63. The number of amides is 1. The molecule has 3 aromatic rings. The predicted octanol–water partition coefficient (Wildman–Crippen LogP) is 4.14. The first-order chi connectivity index (χ1) is 13.2. The van der Waals surface area contributed by atoms with Crippen molar-refractivity contribution in [2.24, 2.45) is 0 Å². The number of nitrogens with zero attached hydrogens (tertiary/aromatic N) is 3. The highest BCUT2D eigenvalue weighted by Gasteiger charge is 2.14. The number of anilines is 2. The second kappa shape index (κ2) is 7.53. The largest absolute Gasteiger partial charge is 0.355 e. The molecule has 1 aliphatic rings. The molecule has 0 saturated carbocycles. The summed E-state index contributed by atoms with van der Waals surface area (Å²) in [6.45, 7) is 2.07. The van der Waals surface area contributed by atoms with Crippen molar-refractivity contribution in [2.75, 3.05) is 23.3 Å². The minimum absolute atomic E-state index is 0.247. The van der Waals surface area contributed by atoms with Crippen molar-refractivity contribution in [3.63, 3.8) is 0 Å². The van der Waals surface area contributed by atoms with E-state index >= 15 is 0 Å². The van der Waals surface area contributed by atoms with Gasteiger partial charge >= 0.3 is 0 Å². The maximum Gasteiger partial charge on any atom is 0.255 e. The SMILES string of the molecule is O=C(Nc1ccc(F)cc1)c1ccc(-c2ccc(N3CCCC3)nn2)cc1. The van der Waals surface area contributed by atoms with Gasteiger partial charge < -0.3 is 10.2 Å². The summed E-state index contributed by atoms with van der Waals surface area (Å²) in [5.74, 6) is 0.324. The molecule has 136 valence electrons. The smallest absolute Gasteiger partial charge is 0.255 e. The Morgan fingerprint density at radius 3 is 2.22 bits per heavy atom. The average Bonchev–Trinajstić information content (AvgIpc) is 3.25. The van der Waals surface area contributed by atoms with Crippen LogP contribution >= 0.6 is 0 Å². The Morgan fingerprint density at radius 2 is 1.59 bits per heavy atom. The Balaban J connectivity index is 1.45. The predicted molar refractivity (Wildman–Crippen MR) is 103 cm³/mol. The molecule has 0 radical (unpaired) electrons. The summed E-state index contributed by atoms with van der Waals surface area (Å²) < 4.78 is 12.9. The fourth-order valence-corrected chi connectivity index (χ4v) is 3.12. The van der Waals surface area contributed by atoms with Crippen molar-refractivity contribution < 1.29 is 9.18 Å². The van der Waals surface area contributed by atoms with E-state index < -0.39 is 0 Å². The molecule has 2 heterocycles. The maximum absolute atomic E-state index is 12.9. The first-order valence-electron chi connectivity index (χ1n) is 8.95. The molecular formula is C21H19FN4O. The van der Waals surface area contributed by atoms with Gasteiger partial charge in [0.25, 0.3) is 5.91 Å². The summed E-state index contributed by atoms with van der Waals surface area (Å²) in [6, 6.07) is 16.8. The Hall–Kier alpha value is -3.28. The van der Waals surface area contributed by atoms with E-state index in [-0.39, 0.29) is 11.7 Å². The third-order valence-corrected chi connectivity index (χ3v) is 4.63. The van der Waals surface area contributed by atoms with Crippen LogP contribution in [0, 0.1) is 5.82 Å². The summed E-state index contributed by atoms with van der Waals surface area (Å²) >= 11 is 0. The number of aromatic nitrogens is 2. The summed E-state index contributed by atoms with van der Waals surface area (Å²) in [7, 11) is 0. The molecule has 1 amide bonds. The Bertz CT molecular complexity index is 918. The molecule has 0 bridgehead atoms. The number of nitrogens with one attached hydrogen (secondary N) is 1. The van der Waals surface area contributed by atoms with E-state index in [0.717, 1.165) is 30.2 Å². The summed E-state index contributed by atoms with van der Waals surface area (Å²) in [5, 5.41) is 11.4. The lowest BCUT2D eigenvalue weighted by Gasteiger charge is -2.15. The van der Waals surface area contributed by atoms with E-state index in [1.165, 1.54) is 37.1 Å². The molecule has 4 rings (SSSR count). The lowest BCUT2D eigenvalue weighted by Crippen LogP contribution is -2.19. The van der Waals surface area contributed by atoms with Crippen LogP contribution in [0.1, 0.15) is 23.2 Å². The van der Waals surface area contributed by atoms with Gasteiger partial charge in [0.15, 0.2) is 5.82 Å². The van der Waals surface area contributed by atoms with Gasteiger partial charge in [-0.25, -0.2) is 4.39 Å². The highest BCUT2D eigenvalue weighted by Crippen LogP contribution is 2.21. The van der Waals surface area contributed by atoms with Crippen LogP contribution in [0.25, 0.3) is 11.3 Å². The van der Waals surface area contributed by atoms with E-state index in [1.54, 1.807) is 12.1 Å². The molecule has 0 unspecified atom stereocenters. The molecule has 2 aromatic carbocycles. The minimum Gasteiger partial charge on any atom is -0.355 e. The summed E-state index contributed by atoms with van der Waals surface area (Å²) in [4.78, 5) is 14.5. The second-order valence-corrected chi connectivity index (χ2v) is 6.51. The molecular weight excluding hydrogens is 343 g/mol. The molecule has 1 fully saturated rings. The highest BCUT2D eigenvalue weighted by molar-refractivity contribution is 6.04. The van der Waals surface area contributed by atoms with Crippen molar-refractivity contribution in [3.8, 4) is 11.3 Å².